The summed E-state index contributed by atoms with van der Waals surface area (Å²) in [5.41, 5.74) is 1.75. The van der Waals surface area contributed by atoms with E-state index in [1.54, 1.807) is 6.07 Å². The lowest BCUT2D eigenvalue weighted by Crippen LogP contribution is -2.25. The average Bonchev–Trinajstić information content (AvgIpc) is 2.65. The number of carbonyl (C=O) groups is 1. The van der Waals surface area contributed by atoms with E-state index < -0.39 is 23.3 Å². The first-order valence-electron chi connectivity index (χ1n) is 8.65. The van der Waals surface area contributed by atoms with Crippen LogP contribution in [0.5, 0.6) is 11.5 Å². The summed E-state index contributed by atoms with van der Waals surface area (Å²) >= 11 is 0. The summed E-state index contributed by atoms with van der Waals surface area (Å²) in [6.45, 7) is 3.93. The van der Waals surface area contributed by atoms with E-state index in [1.807, 2.05) is 32.0 Å². The van der Waals surface area contributed by atoms with Crippen LogP contribution in [0.25, 0.3) is 11.0 Å². The number of aryl methyl sites for hydroxylation is 2. The molecular formula is C21H20O7. The van der Waals surface area contributed by atoms with E-state index in [9.17, 15) is 14.7 Å². The van der Waals surface area contributed by atoms with Crippen LogP contribution in [-0.2, 0) is 0 Å². The maximum atomic E-state index is 11.9. The van der Waals surface area contributed by atoms with Gasteiger partial charge in [-0.25, -0.2) is 4.79 Å². The molecule has 2 N–H and O–H groups in total. The molecule has 0 saturated carbocycles. The highest BCUT2D eigenvalue weighted by atomic mass is 16.5. The van der Waals surface area contributed by atoms with Gasteiger partial charge in [0.1, 0.15) is 36.4 Å². The predicted octanol–water partition coefficient (Wildman–Crippen LogP) is 2.93. The SMILES string of the molecule is Cc1ccc(OCC(O)COc2ccc3c(=O)cc(C(=O)O)oc3c2)c(C)c1. The summed E-state index contributed by atoms with van der Waals surface area (Å²) in [5, 5.41) is 19.3. The third-order valence-corrected chi connectivity index (χ3v) is 4.12. The summed E-state index contributed by atoms with van der Waals surface area (Å²) in [4.78, 5) is 22.9. The van der Waals surface area contributed by atoms with Crippen molar-refractivity contribution in [3.05, 3.63) is 69.6 Å². The molecule has 1 aromatic heterocycles. The number of carboxylic acid groups (broad SMARTS) is 1. The van der Waals surface area contributed by atoms with Gasteiger partial charge in [0.15, 0.2) is 5.43 Å². The number of fused-ring (bicyclic) bond motifs is 1. The summed E-state index contributed by atoms with van der Waals surface area (Å²) in [6, 6.07) is 11.2. The Morgan fingerprint density at radius 1 is 1.07 bits per heavy atom. The second-order valence-electron chi connectivity index (χ2n) is 6.48. The number of aromatic carboxylic acids is 1. The first-order chi connectivity index (χ1) is 13.3. The zero-order chi connectivity index (χ0) is 20.3. The van der Waals surface area contributed by atoms with E-state index in [0.717, 1.165) is 17.2 Å². The molecule has 0 saturated heterocycles. The van der Waals surface area contributed by atoms with Gasteiger partial charge in [-0.2, -0.15) is 0 Å². The molecule has 2 aromatic carbocycles. The summed E-state index contributed by atoms with van der Waals surface area (Å²) < 4.78 is 16.3. The molecule has 0 aliphatic carbocycles. The summed E-state index contributed by atoms with van der Waals surface area (Å²) in [7, 11) is 0. The first-order valence-corrected chi connectivity index (χ1v) is 8.65. The molecule has 0 fully saturated rings. The Hall–Kier alpha value is -3.32. The quantitative estimate of drug-likeness (QED) is 0.645. The molecule has 0 bridgehead atoms. The molecule has 0 amide bonds. The second-order valence-corrected chi connectivity index (χ2v) is 6.48. The minimum Gasteiger partial charge on any atom is -0.491 e. The maximum Gasteiger partial charge on any atom is 0.371 e. The summed E-state index contributed by atoms with van der Waals surface area (Å²) in [6.07, 6.45) is -0.881. The van der Waals surface area contributed by atoms with Crippen LogP contribution in [0, 0.1) is 13.8 Å². The van der Waals surface area contributed by atoms with Gasteiger partial charge in [0.05, 0.1) is 5.39 Å². The standard InChI is InChI=1S/C21H20O7/c1-12-3-6-18(13(2)7-12)27-11-14(22)10-26-15-4-5-16-17(23)9-20(21(24)25)28-19(16)8-15/h3-9,14,22H,10-11H2,1-2H3,(H,24,25). The van der Waals surface area contributed by atoms with Gasteiger partial charge in [0, 0.05) is 12.1 Å². The van der Waals surface area contributed by atoms with Crippen LogP contribution in [-0.4, -0.2) is 35.5 Å². The van der Waals surface area contributed by atoms with E-state index in [4.69, 9.17) is 19.0 Å². The number of aliphatic hydroxyl groups excluding tert-OH is 1. The number of carboxylic acids is 1. The van der Waals surface area contributed by atoms with E-state index in [-0.39, 0.29) is 24.2 Å². The van der Waals surface area contributed by atoms with Gasteiger partial charge >= 0.3 is 5.97 Å². The molecule has 0 spiro atoms. The maximum absolute atomic E-state index is 11.9. The van der Waals surface area contributed by atoms with E-state index in [0.29, 0.717) is 11.5 Å². The number of hydrogen-bond acceptors (Lipinski definition) is 6. The molecule has 1 atom stereocenters. The van der Waals surface area contributed by atoms with E-state index in [1.165, 1.54) is 12.1 Å². The predicted molar refractivity (Wildman–Crippen MR) is 102 cm³/mol. The Labute approximate surface area is 160 Å². The lowest BCUT2D eigenvalue weighted by molar-refractivity contribution is 0.0624. The van der Waals surface area contributed by atoms with Gasteiger partial charge in [-0.05, 0) is 37.6 Å². The smallest absolute Gasteiger partial charge is 0.371 e. The monoisotopic (exact) mass is 384 g/mol. The van der Waals surface area contributed by atoms with Gasteiger partial charge in [-0.3, -0.25) is 4.79 Å². The molecular weight excluding hydrogens is 364 g/mol. The lowest BCUT2D eigenvalue weighted by atomic mass is 10.1. The first kappa shape index (κ1) is 19.4. The topological polar surface area (TPSA) is 106 Å². The van der Waals surface area contributed by atoms with Gasteiger partial charge in [0.25, 0.3) is 0 Å². The van der Waals surface area contributed by atoms with Crippen molar-refractivity contribution in [3.8, 4) is 11.5 Å². The fourth-order valence-electron chi connectivity index (χ4n) is 2.72. The molecule has 1 heterocycles. The van der Waals surface area contributed by atoms with E-state index in [2.05, 4.69) is 0 Å². The molecule has 28 heavy (non-hydrogen) atoms. The molecule has 0 aliphatic rings. The fraction of sp³-hybridized carbons (Fsp3) is 0.238. The van der Waals surface area contributed by atoms with Crippen molar-refractivity contribution < 1.29 is 28.9 Å². The highest BCUT2D eigenvalue weighted by molar-refractivity contribution is 5.87. The van der Waals surface area contributed by atoms with Crippen LogP contribution in [0.4, 0.5) is 0 Å². The highest BCUT2D eigenvalue weighted by Gasteiger charge is 2.12. The Morgan fingerprint density at radius 3 is 2.54 bits per heavy atom. The van der Waals surface area contributed by atoms with Gasteiger partial charge in [-0.1, -0.05) is 17.7 Å². The molecule has 1 unspecified atom stereocenters. The van der Waals surface area contributed by atoms with Gasteiger partial charge in [0.2, 0.25) is 5.76 Å². The van der Waals surface area contributed by atoms with Crippen molar-refractivity contribution in [3.63, 3.8) is 0 Å². The fourth-order valence-corrected chi connectivity index (χ4v) is 2.72. The molecule has 0 radical (unpaired) electrons. The number of rotatable bonds is 7. The van der Waals surface area contributed by atoms with Gasteiger partial charge < -0.3 is 24.1 Å². The van der Waals surface area contributed by atoms with Crippen LogP contribution in [0.1, 0.15) is 21.7 Å². The van der Waals surface area contributed by atoms with Crippen LogP contribution >= 0.6 is 0 Å². The van der Waals surface area contributed by atoms with Crippen molar-refractivity contribution in [2.24, 2.45) is 0 Å². The number of ether oxygens (including phenoxy) is 2. The third-order valence-electron chi connectivity index (χ3n) is 4.12. The van der Waals surface area contributed by atoms with Gasteiger partial charge in [-0.15, -0.1) is 0 Å². The summed E-state index contributed by atoms with van der Waals surface area (Å²) in [5.74, 6) is -0.747. The minimum absolute atomic E-state index is 0.0424. The minimum atomic E-state index is -1.33. The third kappa shape index (κ3) is 4.50. The van der Waals surface area contributed by atoms with Crippen molar-refractivity contribution in [2.75, 3.05) is 13.2 Å². The normalized spacial score (nSPS) is 12.0. The Balaban J connectivity index is 1.64. The van der Waals surface area contributed by atoms with Crippen molar-refractivity contribution in [2.45, 2.75) is 20.0 Å². The molecule has 0 aliphatic heterocycles. The number of hydrogen-bond donors (Lipinski definition) is 2. The zero-order valence-electron chi connectivity index (χ0n) is 15.5. The van der Waals surface area contributed by atoms with Crippen LogP contribution in [0.3, 0.4) is 0 Å². The lowest BCUT2D eigenvalue weighted by Gasteiger charge is -2.15. The zero-order valence-corrected chi connectivity index (χ0v) is 15.5. The van der Waals surface area contributed by atoms with E-state index >= 15 is 0 Å². The van der Waals surface area contributed by atoms with Crippen LogP contribution in [0.15, 0.2) is 51.7 Å². The van der Waals surface area contributed by atoms with Crippen molar-refractivity contribution in [1.82, 2.24) is 0 Å². The van der Waals surface area contributed by atoms with Crippen LogP contribution < -0.4 is 14.9 Å². The Morgan fingerprint density at radius 2 is 1.82 bits per heavy atom. The average molecular weight is 384 g/mol. The van der Waals surface area contributed by atoms with Crippen LogP contribution in [0.2, 0.25) is 0 Å². The second kappa shape index (κ2) is 8.14. The largest absolute Gasteiger partial charge is 0.491 e. The number of aliphatic hydroxyl groups is 1. The molecule has 3 aromatic rings. The number of benzene rings is 2. The highest BCUT2D eigenvalue weighted by Crippen LogP contribution is 2.21. The molecule has 3 rings (SSSR count). The Kier molecular flexibility index (Phi) is 5.65. The van der Waals surface area contributed by atoms with Crippen molar-refractivity contribution in [1.29, 1.82) is 0 Å². The molecule has 7 nitrogen and oxygen atoms in total. The Bertz CT molecular complexity index is 1070. The van der Waals surface area contributed by atoms with Crippen molar-refractivity contribution >= 4 is 16.9 Å². The molecule has 7 heteroatoms. The molecule has 146 valence electrons.